The van der Waals surface area contributed by atoms with Crippen LogP contribution in [0.5, 0.6) is 0 Å². The zero-order valence-electron chi connectivity index (χ0n) is 10.1. The van der Waals surface area contributed by atoms with Gasteiger partial charge in [-0.3, -0.25) is 0 Å². The van der Waals surface area contributed by atoms with Crippen molar-refractivity contribution in [2.45, 2.75) is 11.3 Å². The maximum absolute atomic E-state index is 12.8. The molecule has 0 unspecified atom stereocenters. The summed E-state index contributed by atoms with van der Waals surface area (Å²) in [6, 6.07) is 7.22. The molecule has 0 radical (unpaired) electrons. The van der Waals surface area contributed by atoms with Crippen LogP contribution in [0, 0.1) is 0 Å². The molecule has 0 saturated carbocycles. The van der Waals surface area contributed by atoms with Gasteiger partial charge >= 0.3 is 6.18 Å². The summed E-state index contributed by atoms with van der Waals surface area (Å²) in [5.41, 5.74) is 1.33. The molecule has 1 aliphatic heterocycles. The second-order valence-corrected chi connectivity index (χ2v) is 5.82. The molecule has 112 valence electrons. The largest absolute Gasteiger partial charge is 1.00 e. The molecular formula is C11H6Br2F3N4S-. The van der Waals surface area contributed by atoms with Crippen molar-refractivity contribution in [1.82, 2.24) is 14.9 Å². The summed E-state index contributed by atoms with van der Waals surface area (Å²) in [6.45, 7) is 0. The molecule has 0 aliphatic carbocycles. The summed E-state index contributed by atoms with van der Waals surface area (Å²) >= 11 is 4.49. The molecule has 0 saturated heterocycles. The molecule has 2 heterocycles. The van der Waals surface area contributed by atoms with Gasteiger partial charge in [-0.2, -0.15) is 22.9 Å². The van der Waals surface area contributed by atoms with Crippen LogP contribution in [0.15, 0.2) is 39.0 Å². The zero-order valence-corrected chi connectivity index (χ0v) is 14.1. The Balaban J connectivity index is 0.00000161. The quantitative estimate of drug-likeness (QED) is 0.643. The molecular weight excluding hydrogens is 437 g/mol. The number of alkyl halides is 3. The standard InChI is InChI=1S/C11H6BrF3N4S.BrH/c12-7-3-1-6(2-4-7)8-5-20-10-17-16-9(11(13,14)15)19(10)18-8;/h1-4H,5H2;1H/p-1. The number of halogens is 5. The van der Waals surface area contributed by atoms with E-state index in [2.05, 4.69) is 31.2 Å². The van der Waals surface area contributed by atoms with E-state index in [1.54, 1.807) is 12.1 Å². The molecule has 21 heavy (non-hydrogen) atoms. The Kier molecular flexibility index (Phi) is 4.79. The number of rotatable bonds is 1. The molecule has 4 nitrogen and oxygen atoms in total. The van der Waals surface area contributed by atoms with Crippen LogP contribution in [0.4, 0.5) is 13.2 Å². The lowest BCUT2D eigenvalue weighted by Crippen LogP contribution is -3.00. The van der Waals surface area contributed by atoms with E-state index >= 15 is 0 Å². The normalized spacial score (nSPS) is 14.2. The van der Waals surface area contributed by atoms with Crippen LogP contribution < -0.4 is 17.0 Å². The monoisotopic (exact) mass is 441 g/mol. The Labute approximate surface area is 140 Å². The smallest absolute Gasteiger partial charge is 0.453 e. The third kappa shape index (κ3) is 3.32. The van der Waals surface area contributed by atoms with Crippen molar-refractivity contribution in [3.63, 3.8) is 0 Å². The van der Waals surface area contributed by atoms with Crippen LogP contribution in [-0.2, 0) is 6.18 Å². The van der Waals surface area contributed by atoms with Crippen molar-refractivity contribution >= 4 is 33.4 Å². The first kappa shape index (κ1) is 16.5. The molecule has 0 atom stereocenters. The van der Waals surface area contributed by atoms with Crippen LogP contribution in [-0.4, -0.2) is 26.3 Å². The SMILES string of the molecule is FC(F)(F)c1nnc2n1N=C(c1ccc(Br)cc1)CS2.[Br-]. The van der Waals surface area contributed by atoms with Crippen LogP contribution in [0.2, 0.25) is 0 Å². The fourth-order valence-electron chi connectivity index (χ4n) is 1.69. The van der Waals surface area contributed by atoms with E-state index < -0.39 is 12.0 Å². The molecule has 0 amide bonds. The third-order valence-corrected chi connectivity index (χ3v) is 4.06. The van der Waals surface area contributed by atoms with Crippen molar-refractivity contribution in [3.05, 3.63) is 40.1 Å². The fraction of sp³-hybridized carbons (Fsp3) is 0.182. The Morgan fingerprint density at radius 2 is 1.81 bits per heavy atom. The van der Waals surface area contributed by atoms with Crippen LogP contribution in [0.1, 0.15) is 11.4 Å². The van der Waals surface area contributed by atoms with Gasteiger partial charge in [0.15, 0.2) is 0 Å². The number of benzene rings is 1. The summed E-state index contributed by atoms with van der Waals surface area (Å²) in [7, 11) is 0. The molecule has 1 aromatic carbocycles. The van der Waals surface area contributed by atoms with Gasteiger partial charge in [-0.05, 0) is 17.7 Å². The first-order chi connectivity index (χ1) is 9.45. The van der Waals surface area contributed by atoms with Gasteiger partial charge in [-0.15, -0.1) is 10.2 Å². The van der Waals surface area contributed by atoms with Gasteiger partial charge in [-0.1, -0.05) is 39.8 Å². The molecule has 1 aliphatic rings. The predicted molar refractivity (Wildman–Crippen MR) is 71.8 cm³/mol. The maximum atomic E-state index is 12.8. The van der Waals surface area contributed by atoms with E-state index in [0.29, 0.717) is 11.5 Å². The van der Waals surface area contributed by atoms with Crippen molar-refractivity contribution in [1.29, 1.82) is 0 Å². The molecule has 0 N–H and O–H groups in total. The summed E-state index contributed by atoms with van der Waals surface area (Å²) < 4.78 is 40.0. The Morgan fingerprint density at radius 1 is 1.14 bits per heavy atom. The molecule has 0 spiro atoms. The highest BCUT2D eigenvalue weighted by Gasteiger charge is 2.39. The van der Waals surface area contributed by atoms with Crippen molar-refractivity contribution in [2.24, 2.45) is 5.10 Å². The topological polar surface area (TPSA) is 43.1 Å². The number of fused-ring (bicyclic) bond motifs is 1. The maximum Gasteiger partial charge on any atom is 0.453 e. The lowest BCUT2D eigenvalue weighted by atomic mass is 10.1. The highest BCUT2D eigenvalue weighted by atomic mass is 79.9. The van der Waals surface area contributed by atoms with E-state index in [4.69, 9.17) is 0 Å². The van der Waals surface area contributed by atoms with E-state index in [1.165, 1.54) is 11.8 Å². The van der Waals surface area contributed by atoms with Crippen molar-refractivity contribution in [2.75, 3.05) is 5.75 Å². The lowest BCUT2D eigenvalue weighted by Gasteiger charge is -2.14. The predicted octanol–water partition coefficient (Wildman–Crippen LogP) is 0.422. The number of thioether (sulfide) groups is 1. The average molecular weight is 443 g/mol. The second-order valence-electron chi connectivity index (χ2n) is 3.96. The number of hydrogen-bond acceptors (Lipinski definition) is 4. The summed E-state index contributed by atoms with van der Waals surface area (Å²) in [4.78, 5) is 0. The van der Waals surface area contributed by atoms with E-state index in [9.17, 15) is 13.2 Å². The minimum absolute atomic E-state index is 0. The Morgan fingerprint density at radius 3 is 2.43 bits per heavy atom. The van der Waals surface area contributed by atoms with E-state index in [1.807, 2.05) is 12.1 Å². The number of nitrogens with zero attached hydrogens (tertiary/aromatic N) is 4. The first-order valence-electron chi connectivity index (χ1n) is 5.44. The molecule has 1 aromatic heterocycles. The summed E-state index contributed by atoms with van der Waals surface area (Å²) in [5, 5.41) is 10.8. The van der Waals surface area contributed by atoms with E-state index in [-0.39, 0.29) is 22.1 Å². The zero-order chi connectivity index (χ0) is 14.3. The minimum Gasteiger partial charge on any atom is -1.00 e. The minimum atomic E-state index is -4.57. The summed E-state index contributed by atoms with van der Waals surface area (Å²) in [6.07, 6.45) is -4.57. The van der Waals surface area contributed by atoms with Crippen LogP contribution >= 0.6 is 27.7 Å². The molecule has 10 heteroatoms. The molecule has 3 rings (SSSR count). The van der Waals surface area contributed by atoms with E-state index in [0.717, 1.165) is 14.7 Å². The van der Waals surface area contributed by atoms with Crippen LogP contribution in [0.3, 0.4) is 0 Å². The molecule has 0 fully saturated rings. The number of aromatic nitrogens is 3. The highest BCUT2D eigenvalue weighted by molar-refractivity contribution is 9.10. The van der Waals surface area contributed by atoms with Gasteiger partial charge in [0.1, 0.15) is 0 Å². The van der Waals surface area contributed by atoms with Gasteiger partial charge in [-0.25, -0.2) is 0 Å². The summed E-state index contributed by atoms with van der Waals surface area (Å²) in [5.74, 6) is -0.647. The number of hydrogen-bond donors (Lipinski definition) is 0. The second kappa shape index (κ2) is 6.09. The van der Waals surface area contributed by atoms with Crippen molar-refractivity contribution in [3.8, 4) is 0 Å². The average Bonchev–Trinajstić information content (AvgIpc) is 2.82. The highest BCUT2D eigenvalue weighted by Crippen LogP contribution is 2.32. The lowest BCUT2D eigenvalue weighted by molar-refractivity contribution is -0.147. The molecule has 2 aromatic rings. The van der Waals surface area contributed by atoms with Gasteiger partial charge in [0, 0.05) is 10.2 Å². The third-order valence-electron chi connectivity index (χ3n) is 2.60. The van der Waals surface area contributed by atoms with Gasteiger partial charge in [0.05, 0.1) is 5.71 Å². The van der Waals surface area contributed by atoms with Gasteiger partial charge in [0.25, 0.3) is 5.82 Å². The first-order valence-corrected chi connectivity index (χ1v) is 7.22. The van der Waals surface area contributed by atoms with Gasteiger partial charge < -0.3 is 17.0 Å². The van der Waals surface area contributed by atoms with Gasteiger partial charge in [0.2, 0.25) is 5.16 Å². The fourth-order valence-corrected chi connectivity index (χ4v) is 2.79. The Bertz CT molecular complexity index is 682. The van der Waals surface area contributed by atoms with Crippen molar-refractivity contribution < 1.29 is 30.2 Å². The Hall–Kier alpha value is -0.870. The molecule has 0 bridgehead atoms. The van der Waals surface area contributed by atoms with Crippen LogP contribution in [0.25, 0.3) is 0 Å².